The van der Waals surface area contributed by atoms with E-state index in [0.29, 0.717) is 17.8 Å². The van der Waals surface area contributed by atoms with Crippen molar-refractivity contribution >= 4 is 35.6 Å². The van der Waals surface area contributed by atoms with Gasteiger partial charge in [-0.25, -0.2) is 0 Å². The number of nitrogens with one attached hydrogen (secondary N) is 1. The molecule has 2 rings (SSSR count). The molecule has 4 nitrogen and oxygen atoms in total. The first-order valence-electron chi connectivity index (χ1n) is 8.94. The molecule has 1 saturated heterocycles. The largest absolute Gasteiger partial charge is 0.370 e. The van der Waals surface area contributed by atoms with E-state index in [9.17, 15) is 0 Å². The minimum Gasteiger partial charge on any atom is -0.370 e. The van der Waals surface area contributed by atoms with Gasteiger partial charge < -0.3 is 16.0 Å². The Bertz CT molecular complexity index is 510. The highest BCUT2D eigenvalue weighted by molar-refractivity contribution is 14.0. The number of anilines is 1. The Morgan fingerprint density at radius 1 is 1.21 bits per heavy atom. The van der Waals surface area contributed by atoms with Gasteiger partial charge in [0, 0.05) is 18.8 Å². The summed E-state index contributed by atoms with van der Waals surface area (Å²) in [4.78, 5) is 7.07. The molecule has 1 aliphatic heterocycles. The van der Waals surface area contributed by atoms with E-state index in [1.54, 1.807) is 0 Å². The van der Waals surface area contributed by atoms with Gasteiger partial charge in [0.15, 0.2) is 5.96 Å². The fourth-order valence-corrected chi connectivity index (χ4v) is 3.06. The zero-order valence-corrected chi connectivity index (χ0v) is 17.6. The topological polar surface area (TPSA) is 53.6 Å². The van der Waals surface area contributed by atoms with Gasteiger partial charge in [0.1, 0.15) is 0 Å². The Hall–Kier alpha value is -0.820. The number of hydrogen-bond donors (Lipinski definition) is 2. The van der Waals surface area contributed by atoms with E-state index in [4.69, 9.17) is 5.73 Å². The van der Waals surface area contributed by atoms with Crippen molar-refractivity contribution < 1.29 is 0 Å². The number of aliphatic imine (C=N–C) groups is 1. The van der Waals surface area contributed by atoms with Crippen molar-refractivity contribution in [2.75, 3.05) is 31.5 Å². The molecular weight excluding hydrogens is 411 g/mol. The highest BCUT2D eigenvalue weighted by Gasteiger charge is 2.13. The van der Waals surface area contributed by atoms with E-state index in [2.05, 4.69) is 54.2 Å². The van der Waals surface area contributed by atoms with Crippen LogP contribution >= 0.6 is 24.0 Å². The molecule has 0 bridgehead atoms. The monoisotopic (exact) mass is 444 g/mol. The normalized spacial score (nSPS) is 17.4. The van der Waals surface area contributed by atoms with Crippen LogP contribution in [-0.2, 0) is 0 Å². The van der Waals surface area contributed by atoms with Gasteiger partial charge in [-0.1, -0.05) is 39.3 Å². The van der Waals surface area contributed by atoms with Crippen molar-refractivity contribution in [3.63, 3.8) is 0 Å². The van der Waals surface area contributed by atoms with E-state index in [1.165, 1.54) is 37.9 Å². The van der Waals surface area contributed by atoms with E-state index in [-0.39, 0.29) is 24.0 Å². The van der Waals surface area contributed by atoms with Crippen molar-refractivity contribution in [2.45, 2.75) is 46.0 Å². The van der Waals surface area contributed by atoms with Crippen molar-refractivity contribution in [1.29, 1.82) is 0 Å². The first kappa shape index (κ1) is 21.2. The Morgan fingerprint density at radius 3 is 2.58 bits per heavy atom. The van der Waals surface area contributed by atoms with Gasteiger partial charge in [0.05, 0.1) is 0 Å². The summed E-state index contributed by atoms with van der Waals surface area (Å²) < 4.78 is 0. The molecule has 0 aliphatic carbocycles. The molecule has 0 saturated carbocycles. The summed E-state index contributed by atoms with van der Waals surface area (Å²) in [7, 11) is 0. The summed E-state index contributed by atoms with van der Waals surface area (Å²) in [6.45, 7) is 11.0. The molecule has 1 aliphatic rings. The molecule has 1 fully saturated rings. The van der Waals surface area contributed by atoms with Crippen LogP contribution in [0.1, 0.15) is 51.5 Å². The van der Waals surface area contributed by atoms with E-state index in [1.807, 2.05) is 6.07 Å². The van der Waals surface area contributed by atoms with Crippen molar-refractivity contribution in [2.24, 2.45) is 16.6 Å². The molecule has 1 aromatic rings. The maximum Gasteiger partial charge on any atom is 0.193 e. The van der Waals surface area contributed by atoms with Crippen LogP contribution in [0.2, 0.25) is 0 Å². The van der Waals surface area contributed by atoms with Gasteiger partial charge >= 0.3 is 0 Å². The highest BCUT2D eigenvalue weighted by Crippen LogP contribution is 2.18. The second kappa shape index (κ2) is 10.9. The maximum absolute atomic E-state index is 6.04. The second-order valence-corrected chi connectivity index (χ2v) is 7.10. The van der Waals surface area contributed by atoms with Crippen molar-refractivity contribution in [3.8, 4) is 0 Å². The number of hydrogen-bond acceptors (Lipinski definition) is 2. The van der Waals surface area contributed by atoms with Gasteiger partial charge in [-0.2, -0.15) is 0 Å². The predicted octanol–water partition coefficient (Wildman–Crippen LogP) is 4.28. The number of guanidine groups is 1. The van der Waals surface area contributed by atoms with Crippen LogP contribution in [0.3, 0.4) is 0 Å². The van der Waals surface area contributed by atoms with Gasteiger partial charge in [-0.3, -0.25) is 4.99 Å². The summed E-state index contributed by atoms with van der Waals surface area (Å²) in [6.07, 6.45) is 4.06. The summed E-state index contributed by atoms with van der Waals surface area (Å²) in [5, 5.41) is 3.21. The van der Waals surface area contributed by atoms with Gasteiger partial charge in [0.25, 0.3) is 0 Å². The van der Waals surface area contributed by atoms with Crippen LogP contribution in [0.5, 0.6) is 0 Å². The smallest absolute Gasteiger partial charge is 0.193 e. The molecule has 0 amide bonds. The molecule has 3 N–H and O–H groups in total. The van der Waals surface area contributed by atoms with Crippen LogP contribution in [0, 0.1) is 5.92 Å². The van der Waals surface area contributed by atoms with Crippen LogP contribution in [0.4, 0.5) is 5.69 Å². The van der Waals surface area contributed by atoms with E-state index >= 15 is 0 Å². The highest BCUT2D eigenvalue weighted by atomic mass is 127. The summed E-state index contributed by atoms with van der Waals surface area (Å²) in [6, 6.07) is 8.38. The standard InChI is InChI=1S/C19H32N4.HI/c1-15(2)17-8-7-9-18(12-17)22-19(20)21-13-16(3)14-23-10-5-4-6-11-23;/h7-9,12,15-16H,4-6,10-11,13-14H2,1-3H3,(H3,20,21,22);1H. The van der Waals surface area contributed by atoms with Crippen LogP contribution in [0.15, 0.2) is 29.3 Å². The van der Waals surface area contributed by atoms with Gasteiger partial charge in [-0.15, -0.1) is 24.0 Å². The number of likely N-dealkylation sites (tertiary alicyclic amines) is 1. The number of benzene rings is 1. The summed E-state index contributed by atoms with van der Waals surface area (Å²) >= 11 is 0. The number of rotatable bonds is 6. The molecule has 1 aromatic carbocycles. The molecule has 0 aromatic heterocycles. The molecular formula is C19H33IN4. The predicted molar refractivity (Wildman–Crippen MR) is 116 cm³/mol. The maximum atomic E-state index is 6.04. The molecule has 0 radical (unpaired) electrons. The molecule has 1 atom stereocenters. The second-order valence-electron chi connectivity index (χ2n) is 7.10. The average Bonchev–Trinajstić information content (AvgIpc) is 2.54. The number of nitrogens with two attached hydrogens (primary N) is 1. The zero-order valence-electron chi connectivity index (χ0n) is 15.3. The molecule has 5 heteroatoms. The number of halogens is 1. The van der Waals surface area contributed by atoms with Crippen LogP contribution in [-0.4, -0.2) is 37.0 Å². The van der Waals surface area contributed by atoms with Crippen molar-refractivity contribution in [1.82, 2.24) is 4.90 Å². The quantitative estimate of drug-likeness (QED) is 0.391. The lowest BCUT2D eigenvalue weighted by Gasteiger charge is -2.28. The summed E-state index contributed by atoms with van der Waals surface area (Å²) in [5.41, 5.74) is 8.36. The lowest BCUT2D eigenvalue weighted by atomic mass is 10.0. The van der Waals surface area contributed by atoms with E-state index in [0.717, 1.165) is 18.8 Å². The number of piperidine rings is 1. The third-order valence-electron chi connectivity index (χ3n) is 4.42. The third-order valence-corrected chi connectivity index (χ3v) is 4.42. The number of nitrogens with zero attached hydrogens (tertiary/aromatic N) is 2. The Labute approximate surface area is 164 Å². The molecule has 0 spiro atoms. The Kier molecular flexibility index (Phi) is 9.66. The fourth-order valence-electron chi connectivity index (χ4n) is 3.06. The minimum absolute atomic E-state index is 0. The SMILES string of the molecule is CC(CN=C(N)Nc1cccc(C(C)C)c1)CN1CCCCC1.I. The lowest BCUT2D eigenvalue weighted by Crippen LogP contribution is -2.34. The molecule has 24 heavy (non-hydrogen) atoms. The van der Waals surface area contributed by atoms with Gasteiger partial charge in [0.2, 0.25) is 0 Å². The Balaban J connectivity index is 0.00000288. The van der Waals surface area contributed by atoms with Crippen molar-refractivity contribution in [3.05, 3.63) is 29.8 Å². The first-order chi connectivity index (χ1) is 11.0. The molecule has 1 unspecified atom stereocenters. The van der Waals surface area contributed by atoms with Crippen LogP contribution in [0.25, 0.3) is 0 Å². The average molecular weight is 444 g/mol. The fraction of sp³-hybridized carbons (Fsp3) is 0.632. The molecule has 1 heterocycles. The first-order valence-corrected chi connectivity index (χ1v) is 8.94. The summed E-state index contributed by atoms with van der Waals surface area (Å²) in [5.74, 6) is 1.56. The van der Waals surface area contributed by atoms with E-state index < -0.39 is 0 Å². The third kappa shape index (κ3) is 7.38. The van der Waals surface area contributed by atoms with Crippen LogP contribution < -0.4 is 11.1 Å². The Morgan fingerprint density at radius 2 is 1.92 bits per heavy atom. The van der Waals surface area contributed by atoms with Gasteiger partial charge in [-0.05, 0) is 55.5 Å². The minimum atomic E-state index is 0. The zero-order chi connectivity index (χ0) is 16.7. The lowest BCUT2D eigenvalue weighted by molar-refractivity contribution is 0.203. The molecule has 136 valence electrons.